The van der Waals surface area contributed by atoms with Gasteiger partial charge in [0, 0.05) is 43.7 Å². The second-order valence-electron chi connectivity index (χ2n) is 7.50. The first-order valence-corrected chi connectivity index (χ1v) is 10.5. The molecule has 2 aromatic heterocycles. The molecular formula is C24H27N5O. The molecule has 1 saturated heterocycles. The van der Waals surface area contributed by atoms with Crippen molar-refractivity contribution in [1.29, 1.82) is 0 Å². The summed E-state index contributed by atoms with van der Waals surface area (Å²) in [5.74, 6) is 0.927. The Hall–Kier alpha value is -3.28. The number of ether oxygens (including phenoxy) is 1. The first kappa shape index (κ1) is 20.0. The van der Waals surface area contributed by atoms with E-state index in [0.717, 1.165) is 42.3 Å². The summed E-state index contributed by atoms with van der Waals surface area (Å²) in [5, 5.41) is 0. The molecule has 0 unspecified atom stereocenters. The van der Waals surface area contributed by atoms with E-state index < -0.39 is 0 Å². The average molecular weight is 402 g/mol. The molecule has 1 aliphatic rings. The van der Waals surface area contributed by atoms with E-state index in [4.69, 9.17) is 4.74 Å². The Morgan fingerprint density at radius 1 is 1.03 bits per heavy atom. The highest BCUT2D eigenvalue weighted by molar-refractivity contribution is 5.79. The Balaban J connectivity index is 1.45. The number of nitrogens with zero attached hydrogens (tertiary/aromatic N) is 5. The lowest BCUT2D eigenvalue weighted by Crippen LogP contribution is -2.20. The molecule has 1 aliphatic heterocycles. The molecule has 3 heterocycles. The first-order valence-electron chi connectivity index (χ1n) is 10.5. The van der Waals surface area contributed by atoms with Crippen LogP contribution in [-0.4, -0.2) is 40.9 Å². The highest BCUT2D eigenvalue weighted by Crippen LogP contribution is 2.21. The SMILES string of the molecule is Cc1cccc(C=NCc2cc(N3CCCC3)nc(OCCc3ccccn3)n2)c1. The maximum atomic E-state index is 5.89. The predicted octanol–water partition coefficient (Wildman–Crippen LogP) is 4.02. The van der Waals surface area contributed by atoms with E-state index in [1.165, 1.54) is 18.4 Å². The smallest absolute Gasteiger partial charge is 0.318 e. The average Bonchev–Trinajstić information content (AvgIpc) is 3.30. The molecule has 30 heavy (non-hydrogen) atoms. The zero-order valence-corrected chi connectivity index (χ0v) is 17.4. The van der Waals surface area contributed by atoms with Crippen molar-refractivity contribution in [2.24, 2.45) is 4.99 Å². The van der Waals surface area contributed by atoms with Gasteiger partial charge < -0.3 is 9.64 Å². The molecule has 0 radical (unpaired) electrons. The minimum atomic E-state index is 0.413. The van der Waals surface area contributed by atoms with Crippen molar-refractivity contribution in [3.05, 3.63) is 77.2 Å². The van der Waals surface area contributed by atoms with Gasteiger partial charge in [-0.05, 0) is 37.5 Å². The lowest BCUT2D eigenvalue weighted by atomic mass is 10.1. The number of aliphatic imine (C=N–C) groups is 1. The molecule has 1 aromatic carbocycles. The number of hydrogen-bond acceptors (Lipinski definition) is 6. The van der Waals surface area contributed by atoms with Crippen LogP contribution in [0.5, 0.6) is 6.01 Å². The molecule has 154 valence electrons. The van der Waals surface area contributed by atoms with Crippen LogP contribution < -0.4 is 9.64 Å². The number of aryl methyl sites for hydroxylation is 1. The Morgan fingerprint density at radius 2 is 1.93 bits per heavy atom. The fourth-order valence-electron chi connectivity index (χ4n) is 3.50. The van der Waals surface area contributed by atoms with Gasteiger partial charge in [0.05, 0.1) is 18.8 Å². The van der Waals surface area contributed by atoms with Crippen molar-refractivity contribution >= 4 is 12.0 Å². The summed E-state index contributed by atoms with van der Waals surface area (Å²) in [4.78, 5) is 20.5. The van der Waals surface area contributed by atoms with Gasteiger partial charge in [-0.2, -0.15) is 9.97 Å². The Bertz CT molecular complexity index is 984. The lowest BCUT2D eigenvalue weighted by molar-refractivity contribution is 0.294. The fraction of sp³-hybridized carbons (Fsp3) is 0.333. The highest BCUT2D eigenvalue weighted by atomic mass is 16.5. The number of rotatable bonds is 8. The van der Waals surface area contributed by atoms with Gasteiger partial charge in [-0.1, -0.05) is 35.9 Å². The second-order valence-corrected chi connectivity index (χ2v) is 7.50. The third-order valence-electron chi connectivity index (χ3n) is 5.03. The van der Waals surface area contributed by atoms with E-state index in [9.17, 15) is 0 Å². The molecule has 0 N–H and O–H groups in total. The van der Waals surface area contributed by atoms with Gasteiger partial charge in [0.1, 0.15) is 5.82 Å². The van der Waals surface area contributed by atoms with E-state index in [1.54, 1.807) is 6.20 Å². The standard InChI is InChI=1S/C24H27N5O/c1-19-7-6-8-20(15-19)17-25-18-22-16-23(29-12-4-5-13-29)28-24(27-22)30-14-10-21-9-2-3-11-26-21/h2-3,6-9,11,15-17H,4-5,10,12-14,18H2,1H3. The summed E-state index contributed by atoms with van der Waals surface area (Å²) in [5.41, 5.74) is 4.18. The molecule has 0 spiro atoms. The van der Waals surface area contributed by atoms with Gasteiger partial charge in [0.15, 0.2) is 0 Å². The number of aromatic nitrogens is 3. The number of anilines is 1. The maximum Gasteiger partial charge on any atom is 0.318 e. The monoisotopic (exact) mass is 401 g/mol. The van der Waals surface area contributed by atoms with Gasteiger partial charge in [-0.25, -0.2) is 0 Å². The molecule has 0 atom stereocenters. The molecule has 0 bridgehead atoms. The van der Waals surface area contributed by atoms with E-state index in [1.807, 2.05) is 36.5 Å². The van der Waals surface area contributed by atoms with Crippen LogP contribution in [-0.2, 0) is 13.0 Å². The summed E-state index contributed by atoms with van der Waals surface area (Å²) >= 11 is 0. The van der Waals surface area contributed by atoms with Crippen LogP contribution in [0.2, 0.25) is 0 Å². The van der Waals surface area contributed by atoms with Gasteiger partial charge in [-0.15, -0.1) is 0 Å². The van der Waals surface area contributed by atoms with Crippen LogP contribution in [0.25, 0.3) is 0 Å². The van der Waals surface area contributed by atoms with Crippen LogP contribution in [0, 0.1) is 6.92 Å². The first-order chi connectivity index (χ1) is 14.8. The summed E-state index contributed by atoms with van der Waals surface area (Å²) in [6.45, 7) is 5.12. The van der Waals surface area contributed by atoms with E-state index >= 15 is 0 Å². The van der Waals surface area contributed by atoms with Crippen LogP contribution in [0.1, 0.15) is 35.4 Å². The van der Waals surface area contributed by atoms with Gasteiger partial charge >= 0.3 is 6.01 Å². The maximum absolute atomic E-state index is 5.89. The van der Waals surface area contributed by atoms with Crippen LogP contribution in [0.3, 0.4) is 0 Å². The van der Waals surface area contributed by atoms with Gasteiger partial charge in [0.25, 0.3) is 0 Å². The second kappa shape index (κ2) is 9.96. The van der Waals surface area contributed by atoms with E-state index in [0.29, 0.717) is 19.2 Å². The normalized spacial score (nSPS) is 13.8. The Labute approximate surface area is 177 Å². The molecule has 6 nitrogen and oxygen atoms in total. The number of hydrogen-bond donors (Lipinski definition) is 0. The number of pyridine rings is 1. The lowest BCUT2D eigenvalue weighted by Gasteiger charge is -2.17. The third kappa shape index (κ3) is 5.63. The predicted molar refractivity (Wildman–Crippen MR) is 119 cm³/mol. The fourth-order valence-corrected chi connectivity index (χ4v) is 3.50. The van der Waals surface area contributed by atoms with Crippen LogP contribution >= 0.6 is 0 Å². The molecule has 0 amide bonds. The minimum absolute atomic E-state index is 0.413. The van der Waals surface area contributed by atoms with Crippen molar-refractivity contribution in [2.45, 2.75) is 32.7 Å². The van der Waals surface area contributed by atoms with Crippen molar-refractivity contribution in [1.82, 2.24) is 15.0 Å². The summed E-state index contributed by atoms with van der Waals surface area (Å²) < 4.78 is 5.89. The highest BCUT2D eigenvalue weighted by Gasteiger charge is 2.16. The summed E-state index contributed by atoms with van der Waals surface area (Å²) in [7, 11) is 0. The zero-order valence-electron chi connectivity index (χ0n) is 17.4. The Morgan fingerprint density at radius 3 is 2.73 bits per heavy atom. The molecule has 0 aliphatic carbocycles. The van der Waals surface area contributed by atoms with Crippen molar-refractivity contribution in [3.63, 3.8) is 0 Å². The number of benzene rings is 1. The third-order valence-corrected chi connectivity index (χ3v) is 5.03. The van der Waals surface area contributed by atoms with E-state index in [-0.39, 0.29) is 0 Å². The molecule has 6 heteroatoms. The van der Waals surface area contributed by atoms with E-state index in [2.05, 4.69) is 50.0 Å². The van der Waals surface area contributed by atoms with Crippen molar-refractivity contribution in [3.8, 4) is 6.01 Å². The van der Waals surface area contributed by atoms with Gasteiger partial charge in [0.2, 0.25) is 0 Å². The molecule has 4 rings (SSSR count). The van der Waals surface area contributed by atoms with Crippen LogP contribution in [0.4, 0.5) is 5.82 Å². The Kier molecular flexibility index (Phi) is 6.65. The van der Waals surface area contributed by atoms with Gasteiger partial charge in [-0.3, -0.25) is 9.98 Å². The van der Waals surface area contributed by atoms with Crippen molar-refractivity contribution < 1.29 is 4.74 Å². The topological polar surface area (TPSA) is 63.5 Å². The molecular weight excluding hydrogens is 374 g/mol. The molecule has 3 aromatic rings. The molecule has 1 fully saturated rings. The minimum Gasteiger partial charge on any atom is -0.463 e. The quantitative estimate of drug-likeness (QED) is 0.534. The van der Waals surface area contributed by atoms with Crippen LogP contribution in [0.15, 0.2) is 59.7 Å². The largest absolute Gasteiger partial charge is 0.463 e. The summed E-state index contributed by atoms with van der Waals surface area (Å²) in [6, 6.07) is 16.6. The van der Waals surface area contributed by atoms with Crippen molar-refractivity contribution in [2.75, 3.05) is 24.6 Å². The molecule has 0 saturated carbocycles. The zero-order chi connectivity index (χ0) is 20.6. The summed E-state index contributed by atoms with van der Waals surface area (Å²) in [6.07, 6.45) is 6.80.